The molecule has 2 aromatic carbocycles. The van der Waals surface area contributed by atoms with Gasteiger partial charge in [-0.3, -0.25) is 0 Å². The molecule has 24 heavy (non-hydrogen) atoms. The number of fused-ring (bicyclic) bond motifs is 1. The number of aryl methyl sites for hydroxylation is 1. The fourth-order valence-corrected chi connectivity index (χ4v) is 3.69. The van der Waals surface area contributed by atoms with E-state index in [1.54, 1.807) is 0 Å². The van der Waals surface area contributed by atoms with Gasteiger partial charge in [0.1, 0.15) is 0 Å². The van der Waals surface area contributed by atoms with Crippen LogP contribution < -0.4 is 9.47 Å². The number of rotatable bonds is 4. The van der Waals surface area contributed by atoms with Crippen molar-refractivity contribution in [3.63, 3.8) is 0 Å². The zero-order chi connectivity index (χ0) is 16.5. The molecule has 3 aromatic rings. The topological polar surface area (TPSA) is 57.4 Å². The third-order valence-electron chi connectivity index (χ3n) is 3.60. The van der Waals surface area contributed by atoms with Crippen molar-refractivity contribution in [3.8, 4) is 23.0 Å². The van der Waals surface area contributed by atoms with E-state index in [4.69, 9.17) is 13.9 Å². The molecule has 5 nitrogen and oxygen atoms in total. The molecule has 2 heterocycles. The van der Waals surface area contributed by atoms with E-state index < -0.39 is 0 Å². The van der Waals surface area contributed by atoms with Crippen molar-refractivity contribution in [1.29, 1.82) is 0 Å². The lowest BCUT2D eigenvalue weighted by Gasteiger charge is -2.04. The van der Waals surface area contributed by atoms with Crippen molar-refractivity contribution in [2.24, 2.45) is 0 Å². The third-order valence-corrected chi connectivity index (χ3v) is 5.20. The summed E-state index contributed by atoms with van der Waals surface area (Å²) in [5.74, 6) is 2.74. The molecule has 1 aliphatic rings. The quantitative estimate of drug-likeness (QED) is 0.580. The van der Waals surface area contributed by atoms with Gasteiger partial charge in [0.25, 0.3) is 5.22 Å². The maximum Gasteiger partial charge on any atom is 0.277 e. The van der Waals surface area contributed by atoms with E-state index in [0.717, 1.165) is 27.1 Å². The maximum absolute atomic E-state index is 5.73. The Morgan fingerprint density at radius 3 is 2.62 bits per heavy atom. The second kappa shape index (κ2) is 6.49. The maximum atomic E-state index is 5.73. The Bertz CT molecular complexity index is 880. The van der Waals surface area contributed by atoms with Gasteiger partial charge in [0.05, 0.1) is 0 Å². The summed E-state index contributed by atoms with van der Waals surface area (Å²) in [5.41, 5.74) is 3.20. The first-order chi connectivity index (χ1) is 11.7. The number of nitrogens with zero attached hydrogens (tertiary/aromatic N) is 2. The Morgan fingerprint density at radius 2 is 1.83 bits per heavy atom. The number of aromatic nitrogens is 2. The highest BCUT2D eigenvalue weighted by Crippen LogP contribution is 2.39. The normalized spacial score (nSPS) is 12.6. The van der Waals surface area contributed by atoms with E-state index in [9.17, 15) is 0 Å². The zero-order valence-electron chi connectivity index (χ0n) is 12.8. The molecule has 0 saturated carbocycles. The van der Waals surface area contributed by atoms with E-state index in [0.29, 0.717) is 16.9 Å². The Labute approximate surface area is 151 Å². The van der Waals surface area contributed by atoms with Gasteiger partial charge in [-0.25, -0.2) is 0 Å². The van der Waals surface area contributed by atoms with Crippen LogP contribution in [0.1, 0.15) is 11.1 Å². The van der Waals surface area contributed by atoms with Crippen LogP contribution in [0, 0.1) is 6.92 Å². The highest BCUT2D eigenvalue weighted by atomic mass is 79.9. The molecule has 0 amide bonds. The van der Waals surface area contributed by atoms with Gasteiger partial charge in [-0.05, 0) is 36.8 Å². The van der Waals surface area contributed by atoms with Crippen LogP contribution in [-0.4, -0.2) is 17.0 Å². The molecular weight excluding hydrogens is 392 g/mol. The second-order valence-corrected chi connectivity index (χ2v) is 7.11. The number of benzene rings is 2. The van der Waals surface area contributed by atoms with Gasteiger partial charge in [0.2, 0.25) is 12.7 Å². The summed E-state index contributed by atoms with van der Waals surface area (Å²) in [7, 11) is 0. The lowest BCUT2D eigenvalue weighted by Crippen LogP contribution is -1.92. The molecule has 0 radical (unpaired) electrons. The van der Waals surface area contributed by atoms with Crippen LogP contribution in [0.25, 0.3) is 11.5 Å². The molecule has 0 atom stereocenters. The summed E-state index contributed by atoms with van der Waals surface area (Å²) >= 11 is 5.04. The molecule has 0 spiro atoms. The summed E-state index contributed by atoms with van der Waals surface area (Å²) in [6.07, 6.45) is 0. The smallest absolute Gasteiger partial charge is 0.277 e. The van der Waals surface area contributed by atoms with Crippen LogP contribution in [-0.2, 0) is 5.75 Å². The molecule has 0 fully saturated rings. The summed E-state index contributed by atoms with van der Waals surface area (Å²) < 4.78 is 17.5. The van der Waals surface area contributed by atoms with Crippen molar-refractivity contribution in [3.05, 3.63) is 52.0 Å². The number of thioether (sulfide) groups is 1. The lowest BCUT2D eigenvalue weighted by atomic mass is 10.1. The molecule has 122 valence electrons. The Hall–Kier alpha value is -1.99. The Kier molecular flexibility index (Phi) is 4.20. The average Bonchev–Trinajstić information content (AvgIpc) is 3.22. The van der Waals surface area contributed by atoms with E-state index >= 15 is 0 Å². The largest absolute Gasteiger partial charge is 0.454 e. The first-order valence-electron chi connectivity index (χ1n) is 7.30. The summed E-state index contributed by atoms with van der Waals surface area (Å²) in [6.45, 7) is 2.31. The van der Waals surface area contributed by atoms with Crippen molar-refractivity contribution >= 4 is 27.7 Å². The molecule has 0 unspecified atom stereocenters. The van der Waals surface area contributed by atoms with Crippen LogP contribution >= 0.6 is 27.7 Å². The van der Waals surface area contributed by atoms with Gasteiger partial charge in [0.15, 0.2) is 11.5 Å². The summed E-state index contributed by atoms with van der Waals surface area (Å²) in [6, 6.07) is 11.9. The van der Waals surface area contributed by atoms with Crippen LogP contribution in [0.3, 0.4) is 0 Å². The lowest BCUT2D eigenvalue weighted by molar-refractivity contribution is 0.174. The third kappa shape index (κ3) is 3.14. The monoisotopic (exact) mass is 404 g/mol. The van der Waals surface area contributed by atoms with Crippen LogP contribution in [0.4, 0.5) is 0 Å². The molecule has 0 aliphatic carbocycles. The molecule has 7 heteroatoms. The number of hydrogen-bond donors (Lipinski definition) is 0. The van der Waals surface area contributed by atoms with Gasteiger partial charge < -0.3 is 13.9 Å². The number of halogens is 1. The zero-order valence-corrected chi connectivity index (χ0v) is 15.2. The van der Waals surface area contributed by atoms with Crippen molar-refractivity contribution in [2.45, 2.75) is 17.9 Å². The Balaban J connectivity index is 1.48. The highest BCUT2D eigenvalue weighted by molar-refractivity contribution is 9.10. The predicted octanol–water partition coefficient (Wildman–Crippen LogP) is 4.83. The van der Waals surface area contributed by atoms with E-state index in [1.807, 2.05) is 43.3 Å². The number of ether oxygens (including phenoxy) is 2. The molecule has 0 saturated heterocycles. The molecule has 0 N–H and O–H groups in total. The van der Waals surface area contributed by atoms with Gasteiger partial charge in [-0.1, -0.05) is 45.4 Å². The number of hydrogen-bond acceptors (Lipinski definition) is 6. The van der Waals surface area contributed by atoms with Gasteiger partial charge >= 0.3 is 0 Å². The van der Waals surface area contributed by atoms with Gasteiger partial charge in [-0.2, -0.15) is 0 Å². The molecule has 1 aromatic heterocycles. The summed E-state index contributed by atoms with van der Waals surface area (Å²) in [5, 5.41) is 8.76. The van der Waals surface area contributed by atoms with Crippen molar-refractivity contribution in [2.75, 3.05) is 6.79 Å². The van der Waals surface area contributed by atoms with Crippen molar-refractivity contribution < 1.29 is 13.9 Å². The van der Waals surface area contributed by atoms with Crippen LogP contribution in [0.5, 0.6) is 11.5 Å². The van der Waals surface area contributed by atoms with E-state index in [-0.39, 0.29) is 6.79 Å². The second-order valence-electron chi connectivity index (χ2n) is 5.32. The van der Waals surface area contributed by atoms with E-state index in [2.05, 4.69) is 26.1 Å². The first-order valence-corrected chi connectivity index (χ1v) is 9.08. The molecule has 1 aliphatic heterocycles. The minimum Gasteiger partial charge on any atom is -0.454 e. The van der Waals surface area contributed by atoms with Crippen molar-refractivity contribution in [1.82, 2.24) is 10.2 Å². The standard InChI is InChI=1S/C17H13BrN2O3S/c1-10-2-4-11(5-3-10)16-19-20-17(23-16)24-8-12-6-14-15(7-13(12)18)22-9-21-14/h2-7H,8-9H2,1H3. The first kappa shape index (κ1) is 15.5. The SMILES string of the molecule is Cc1ccc(-c2nnc(SCc3cc4c(cc3Br)OCO4)o2)cc1. The van der Waals surface area contributed by atoms with E-state index in [1.165, 1.54) is 17.3 Å². The van der Waals surface area contributed by atoms with Crippen LogP contribution in [0.15, 0.2) is 50.5 Å². The molecule has 0 bridgehead atoms. The fourth-order valence-electron chi connectivity index (χ4n) is 2.29. The van der Waals surface area contributed by atoms with Gasteiger partial charge in [-0.15, -0.1) is 10.2 Å². The van der Waals surface area contributed by atoms with Crippen LogP contribution in [0.2, 0.25) is 0 Å². The molecular formula is C17H13BrN2O3S. The molecule has 4 rings (SSSR count). The predicted molar refractivity (Wildman–Crippen MR) is 94.3 cm³/mol. The highest BCUT2D eigenvalue weighted by Gasteiger charge is 2.17. The minimum absolute atomic E-state index is 0.266. The Morgan fingerprint density at radius 1 is 1.08 bits per heavy atom. The summed E-state index contributed by atoms with van der Waals surface area (Å²) in [4.78, 5) is 0. The van der Waals surface area contributed by atoms with Gasteiger partial charge in [0, 0.05) is 15.8 Å². The fraction of sp³-hybridized carbons (Fsp3) is 0.176. The minimum atomic E-state index is 0.266. The average molecular weight is 405 g/mol.